The summed E-state index contributed by atoms with van der Waals surface area (Å²) in [7, 11) is -3.76. The number of nitrogens with zero attached hydrogens (tertiary/aromatic N) is 3. The minimum Gasteiger partial charge on any atom is -0.357 e. The second-order valence-corrected chi connectivity index (χ2v) is 7.57. The number of hydrogen-bond donors (Lipinski definition) is 1. The summed E-state index contributed by atoms with van der Waals surface area (Å²) < 4.78 is 27.8. The van der Waals surface area contributed by atoms with Crippen LogP contribution < -0.4 is 9.62 Å². The van der Waals surface area contributed by atoms with E-state index in [0.717, 1.165) is 18.7 Å². The largest absolute Gasteiger partial charge is 0.357 e. The summed E-state index contributed by atoms with van der Waals surface area (Å²) >= 11 is 0. The highest BCUT2D eigenvalue weighted by molar-refractivity contribution is 7.92. The van der Waals surface area contributed by atoms with Crippen molar-refractivity contribution in [3.63, 3.8) is 0 Å². The zero-order valence-corrected chi connectivity index (χ0v) is 16.1. The first-order chi connectivity index (χ1) is 13.0. The molecule has 0 bridgehead atoms. The maximum Gasteiger partial charge on any atom is 0.264 e. The smallest absolute Gasteiger partial charge is 0.264 e. The lowest BCUT2D eigenvalue weighted by Crippen LogP contribution is -2.24. The molecular weight excluding hydrogens is 360 g/mol. The van der Waals surface area contributed by atoms with Crippen molar-refractivity contribution in [1.29, 1.82) is 0 Å². The van der Waals surface area contributed by atoms with Crippen molar-refractivity contribution in [1.82, 2.24) is 9.97 Å². The Morgan fingerprint density at radius 2 is 1.48 bits per heavy atom. The van der Waals surface area contributed by atoms with Crippen molar-refractivity contribution in [2.24, 2.45) is 0 Å². The zero-order valence-electron chi connectivity index (χ0n) is 15.3. The Bertz CT molecular complexity index is 989. The molecule has 2 aromatic carbocycles. The lowest BCUT2D eigenvalue weighted by Gasteiger charge is -2.21. The van der Waals surface area contributed by atoms with Crippen LogP contribution in [0.3, 0.4) is 0 Å². The van der Waals surface area contributed by atoms with Crippen molar-refractivity contribution in [2.45, 2.75) is 18.7 Å². The number of sulfonamides is 1. The molecule has 0 unspecified atom stereocenters. The monoisotopic (exact) mass is 382 g/mol. The van der Waals surface area contributed by atoms with Gasteiger partial charge < -0.3 is 4.90 Å². The summed E-state index contributed by atoms with van der Waals surface area (Å²) in [6.45, 7) is 5.57. The van der Waals surface area contributed by atoms with Gasteiger partial charge in [-0.2, -0.15) is 4.98 Å². The first kappa shape index (κ1) is 18.8. The van der Waals surface area contributed by atoms with Crippen molar-refractivity contribution < 1.29 is 8.42 Å². The normalized spacial score (nSPS) is 11.2. The Balaban J connectivity index is 2.05. The first-order valence-corrected chi connectivity index (χ1v) is 10.3. The predicted molar refractivity (Wildman–Crippen MR) is 108 cm³/mol. The summed E-state index contributed by atoms with van der Waals surface area (Å²) in [4.78, 5) is 11.1. The molecule has 0 atom stereocenters. The summed E-state index contributed by atoms with van der Waals surface area (Å²) in [5.41, 5.74) is 1.56. The number of hydrogen-bond acceptors (Lipinski definition) is 5. The Labute approximate surface area is 160 Å². The summed E-state index contributed by atoms with van der Waals surface area (Å²) in [6.07, 6.45) is 0. The van der Waals surface area contributed by atoms with Crippen LogP contribution in [0.5, 0.6) is 0 Å². The standard InChI is InChI=1S/C20H22N4O2S/c1-3-24(4-2)19-15-18(16-11-7-5-8-12-16)21-20(22-19)23-27(25,26)17-13-9-6-10-14-17/h5-15H,3-4H2,1-2H3,(H,21,22,23). The van der Waals surface area contributed by atoms with E-state index in [9.17, 15) is 8.42 Å². The van der Waals surface area contributed by atoms with Gasteiger partial charge in [0.15, 0.2) is 0 Å². The molecule has 1 heterocycles. The second-order valence-electron chi connectivity index (χ2n) is 5.89. The molecule has 0 aliphatic heterocycles. The van der Waals surface area contributed by atoms with Crippen molar-refractivity contribution in [3.8, 4) is 11.3 Å². The predicted octanol–water partition coefficient (Wildman–Crippen LogP) is 3.79. The molecule has 27 heavy (non-hydrogen) atoms. The van der Waals surface area contributed by atoms with Crippen LogP contribution in [0.25, 0.3) is 11.3 Å². The maximum absolute atomic E-state index is 12.7. The van der Waals surface area contributed by atoms with Gasteiger partial charge >= 0.3 is 0 Å². The summed E-state index contributed by atoms with van der Waals surface area (Å²) in [6, 6.07) is 19.7. The lowest BCUT2D eigenvalue weighted by atomic mass is 10.1. The Hall–Kier alpha value is -2.93. The number of aromatic nitrogens is 2. The highest BCUT2D eigenvalue weighted by Gasteiger charge is 2.18. The molecule has 0 saturated heterocycles. The molecule has 0 saturated carbocycles. The molecule has 6 nitrogen and oxygen atoms in total. The van der Waals surface area contributed by atoms with Gasteiger partial charge in [-0.3, -0.25) is 0 Å². The first-order valence-electron chi connectivity index (χ1n) is 8.81. The molecule has 0 amide bonds. The average molecular weight is 382 g/mol. The summed E-state index contributed by atoms with van der Waals surface area (Å²) in [5, 5.41) is 0. The van der Waals surface area contributed by atoms with Crippen LogP contribution in [0, 0.1) is 0 Å². The van der Waals surface area contributed by atoms with Gasteiger partial charge in [-0.25, -0.2) is 18.1 Å². The van der Waals surface area contributed by atoms with Crippen molar-refractivity contribution in [3.05, 3.63) is 66.7 Å². The third kappa shape index (κ3) is 4.43. The van der Waals surface area contributed by atoms with Crippen LogP contribution in [0.4, 0.5) is 11.8 Å². The third-order valence-corrected chi connectivity index (χ3v) is 5.49. The summed E-state index contributed by atoms with van der Waals surface area (Å²) in [5.74, 6) is 0.738. The van der Waals surface area contributed by atoms with E-state index in [0.29, 0.717) is 11.5 Å². The molecule has 1 N–H and O–H groups in total. The van der Waals surface area contributed by atoms with Crippen LogP contribution in [-0.2, 0) is 10.0 Å². The number of benzene rings is 2. The molecular formula is C20H22N4O2S. The molecule has 1 aromatic heterocycles. The van der Waals surface area contributed by atoms with E-state index in [1.807, 2.05) is 50.2 Å². The van der Waals surface area contributed by atoms with Gasteiger partial charge in [-0.1, -0.05) is 48.5 Å². The van der Waals surface area contributed by atoms with Gasteiger partial charge in [0, 0.05) is 24.7 Å². The van der Waals surface area contributed by atoms with Crippen LogP contribution >= 0.6 is 0 Å². The lowest BCUT2D eigenvalue weighted by molar-refractivity contribution is 0.601. The van der Waals surface area contributed by atoms with Gasteiger partial charge in [-0.15, -0.1) is 0 Å². The van der Waals surface area contributed by atoms with E-state index in [-0.39, 0.29) is 10.8 Å². The number of anilines is 2. The molecule has 0 fully saturated rings. The van der Waals surface area contributed by atoms with E-state index in [2.05, 4.69) is 19.6 Å². The van der Waals surface area contributed by atoms with Gasteiger partial charge in [0.2, 0.25) is 5.95 Å². The SMILES string of the molecule is CCN(CC)c1cc(-c2ccccc2)nc(NS(=O)(=O)c2ccccc2)n1. The van der Waals surface area contributed by atoms with E-state index in [1.165, 1.54) is 12.1 Å². The van der Waals surface area contributed by atoms with Crippen LogP contribution in [-0.4, -0.2) is 31.5 Å². The topological polar surface area (TPSA) is 75.2 Å². The minimum atomic E-state index is -3.76. The van der Waals surface area contributed by atoms with Crippen LogP contribution in [0.1, 0.15) is 13.8 Å². The van der Waals surface area contributed by atoms with E-state index in [4.69, 9.17) is 0 Å². The van der Waals surface area contributed by atoms with Crippen LogP contribution in [0.15, 0.2) is 71.6 Å². The van der Waals surface area contributed by atoms with Gasteiger partial charge in [-0.05, 0) is 26.0 Å². The van der Waals surface area contributed by atoms with Gasteiger partial charge in [0.1, 0.15) is 5.82 Å². The Morgan fingerprint density at radius 1 is 0.889 bits per heavy atom. The Morgan fingerprint density at radius 3 is 2.07 bits per heavy atom. The van der Waals surface area contributed by atoms with Crippen LogP contribution in [0.2, 0.25) is 0 Å². The highest BCUT2D eigenvalue weighted by atomic mass is 32.2. The Kier molecular flexibility index (Phi) is 5.71. The maximum atomic E-state index is 12.7. The molecule has 140 valence electrons. The molecule has 3 rings (SSSR count). The van der Waals surface area contributed by atoms with Crippen molar-refractivity contribution in [2.75, 3.05) is 22.7 Å². The van der Waals surface area contributed by atoms with Gasteiger partial charge in [0.05, 0.1) is 10.6 Å². The molecule has 0 aliphatic rings. The van der Waals surface area contributed by atoms with Crippen molar-refractivity contribution >= 4 is 21.8 Å². The molecule has 7 heteroatoms. The highest BCUT2D eigenvalue weighted by Crippen LogP contribution is 2.24. The quantitative estimate of drug-likeness (QED) is 0.673. The molecule has 0 aliphatic carbocycles. The zero-order chi connectivity index (χ0) is 19.3. The third-order valence-electron chi connectivity index (χ3n) is 4.15. The average Bonchev–Trinajstić information content (AvgIpc) is 2.70. The number of nitrogens with one attached hydrogen (secondary N) is 1. The molecule has 3 aromatic rings. The van der Waals surface area contributed by atoms with E-state index >= 15 is 0 Å². The van der Waals surface area contributed by atoms with E-state index < -0.39 is 10.0 Å². The fourth-order valence-corrected chi connectivity index (χ4v) is 3.69. The fraction of sp³-hybridized carbons (Fsp3) is 0.200. The molecule has 0 radical (unpaired) electrons. The number of rotatable bonds is 7. The second kappa shape index (κ2) is 8.18. The fourth-order valence-electron chi connectivity index (χ4n) is 2.73. The van der Waals surface area contributed by atoms with E-state index in [1.54, 1.807) is 18.2 Å². The minimum absolute atomic E-state index is 0.0575. The van der Waals surface area contributed by atoms with Gasteiger partial charge in [0.25, 0.3) is 10.0 Å². The molecule has 0 spiro atoms.